The summed E-state index contributed by atoms with van der Waals surface area (Å²) >= 11 is 0. The number of amides is 1. The fourth-order valence-electron chi connectivity index (χ4n) is 2.64. The van der Waals surface area contributed by atoms with Crippen molar-refractivity contribution in [2.75, 3.05) is 18.0 Å². The number of carbonyl (C=O) groups excluding carboxylic acids is 1. The first-order valence-corrected chi connectivity index (χ1v) is 8.01. The van der Waals surface area contributed by atoms with Crippen LogP contribution in [0.1, 0.15) is 27.2 Å². The van der Waals surface area contributed by atoms with Crippen LogP contribution in [0, 0.1) is 0 Å². The zero-order chi connectivity index (χ0) is 17.2. The minimum atomic E-state index is -0.493. The maximum atomic E-state index is 11.9. The Labute approximate surface area is 141 Å². The van der Waals surface area contributed by atoms with Crippen molar-refractivity contribution in [1.29, 1.82) is 0 Å². The second-order valence-electron chi connectivity index (χ2n) is 6.82. The lowest BCUT2D eigenvalue weighted by Gasteiger charge is -2.22. The van der Waals surface area contributed by atoms with Crippen LogP contribution in [-0.4, -0.2) is 40.8 Å². The number of anilines is 1. The predicted molar refractivity (Wildman–Crippen MR) is 89.7 cm³/mol. The first-order valence-electron chi connectivity index (χ1n) is 8.01. The van der Waals surface area contributed by atoms with E-state index in [2.05, 4.69) is 20.2 Å². The molecule has 2 aromatic heterocycles. The lowest BCUT2D eigenvalue weighted by molar-refractivity contribution is 0.0509. The highest BCUT2D eigenvalue weighted by molar-refractivity contribution is 5.68. The molecule has 0 saturated carbocycles. The summed E-state index contributed by atoms with van der Waals surface area (Å²) in [4.78, 5) is 22.6. The first kappa shape index (κ1) is 16.3. The van der Waals surface area contributed by atoms with Gasteiger partial charge in [-0.25, -0.2) is 14.8 Å². The van der Waals surface area contributed by atoms with Gasteiger partial charge in [0.1, 0.15) is 23.4 Å². The molecule has 7 heteroatoms. The van der Waals surface area contributed by atoms with E-state index in [-0.39, 0.29) is 12.1 Å². The lowest BCUT2D eigenvalue weighted by atomic mass is 10.2. The first-order chi connectivity index (χ1) is 11.4. The molecule has 24 heavy (non-hydrogen) atoms. The van der Waals surface area contributed by atoms with Crippen LogP contribution in [0.2, 0.25) is 0 Å². The Morgan fingerprint density at radius 1 is 1.42 bits per heavy atom. The second kappa shape index (κ2) is 6.51. The fourth-order valence-corrected chi connectivity index (χ4v) is 2.64. The minimum absolute atomic E-state index is 0.0434. The number of nitrogens with zero attached hydrogens (tertiary/aromatic N) is 3. The zero-order valence-electron chi connectivity index (χ0n) is 14.2. The summed E-state index contributed by atoms with van der Waals surface area (Å²) in [5.74, 6) is 1.53. The molecule has 3 heterocycles. The molecule has 0 radical (unpaired) electrons. The monoisotopic (exact) mass is 330 g/mol. The van der Waals surface area contributed by atoms with E-state index < -0.39 is 5.60 Å². The van der Waals surface area contributed by atoms with Crippen molar-refractivity contribution in [1.82, 2.24) is 15.3 Å². The number of nitrogens with one attached hydrogen (secondary N) is 1. The fraction of sp³-hybridized carbons (Fsp3) is 0.471. The summed E-state index contributed by atoms with van der Waals surface area (Å²) < 4.78 is 10.7. The molecule has 2 aromatic rings. The normalized spacial score (nSPS) is 17.8. The summed E-state index contributed by atoms with van der Waals surface area (Å²) in [6, 6.07) is 5.63. The smallest absolute Gasteiger partial charge is 0.407 e. The average molecular weight is 330 g/mol. The standard InChI is InChI=1S/C17H22N4O3/c1-17(2,3)24-16(22)20-12-6-7-21(10-12)15-9-13(18-11-19-15)14-5-4-8-23-14/h4-5,8-9,11-12H,6-7,10H2,1-3H3,(H,20,22). The Hall–Kier alpha value is -2.57. The number of hydrogen-bond donors (Lipinski definition) is 1. The van der Waals surface area contributed by atoms with Crippen molar-refractivity contribution in [2.45, 2.75) is 38.8 Å². The van der Waals surface area contributed by atoms with Crippen molar-refractivity contribution in [3.05, 3.63) is 30.8 Å². The molecular weight excluding hydrogens is 308 g/mol. The van der Waals surface area contributed by atoms with Crippen LogP contribution in [0.3, 0.4) is 0 Å². The van der Waals surface area contributed by atoms with E-state index in [1.165, 1.54) is 6.33 Å². The quantitative estimate of drug-likeness (QED) is 0.932. The molecule has 1 aliphatic heterocycles. The number of rotatable bonds is 3. The molecule has 1 atom stereocenters. The summed E-state index contributed by atoms with van der Waals surface area (Å²) in [7, 11) is 0. The third kappa shape index (κ3) is 4.04. The summed E-state index contributed by atoms with van der Waals surface area (Å²) in [5.41, 5.74) is 0.251. The van der Waals surface area contributed by atoms with Crippen molar-refractivity contribution in [3.63, 3.8) is 0 Å². The van der Waals surface area contributed by atoms with Crippen molar-refractivity contribution >= 4 is 11.9 Å². The van der Waals surface area contributed by atoms with E-state index in [0.29, 0.717) is 12.3 Å². The van der Waals surface area contributed by atoms with Crippen molar-refractivity contribution in [3.8, 4) is 11.5 Å². The molecular formula is C17H22N4O3. The molecule has 0 bridgehead atoms. The second-order valence-corrected chi connectivity index (χ2v) is 6.82. The largest absolute Gasteiger partial charge is 0.463 e. The highest BCUT2D eigenvalue weighted by Crippen LogP contribution is 2.23. The van der Waals surface area contributed by atoms with Gasteiger partial charge in [-0.2, -0.15) is 0 Å². The SMILES string of the molecule is CC(C)(C)OC(=O)NC1CCN(c2cc(-c3ccco3)ncn2)C1. The van der Waals surface area contributed by atoms with Gasteiger partial charge in [-0.05, 0) is 39.3 Å². The number of ether oxygens (including phenoxy) is 1. The summed E-state index contributed by atoms with van der Waals surface area (Å²) in [5, 5.41) is 2.91. The molecule has 7 nitrogen and oxygen atoms in total. The van der Waals surface area contributed by atoms with Crippen LogP contribution in [0.5, 0.6) is 0 Å². The van der Waals surface area contributed by atoms with Gasteiger partial charge >= 0.3 is 6.09 Å². The third-order valence-corrected chi connectivity index (χ3v) is 3.66. The van der Waals surface area contributed by atoms with E-state index in [1.54, 1.807) is 6.26 Å². The molecule has 1 saturated heterocycles. The molecule has 128 valence electrons. The van der Waals surface area contributed by atoms with Crippen LogP contribution in [0.4, 0.5) is 10.6 Å². The topological polar surface area (TPSA) is 80.5 Å². The highest BCUT2D eigenvalue weighted by atomic mass is 16.6. The van der Waals surface area contributed by atoms with Crippen molar-refractivity contribution in [2.24, 2.45) is 0 Å². The third-order valence-electron chi connectivity index (χ3n) is 3.66. The van der Waals surface area contributed by atoms with E-state index >= 15 is 0 Å². The van der Waals surface area contributed by atoms with Gasteiger partial charge < -0.3 is 19.4 Å². The Kier molecular flexibility index (Phi) is 4.42. The van der Waals surface area contributed by atoms with Gasteiger partial charge in [-0.1, -0.05) is 0 Å². The van der Waals surface area contributed by atoms with Gasteiger partial charge in [-0.3, -0.25) is 0 Å². The van der Waals surface area contributed by atoms with Gasteiger partial charge in [-0.15, -0.1) is 0 Å². The van der Waals surface area contributed by atoms with Gasteiger partial charge in [0, 0.05) is 19.2 Å². The molecule has 1 amide bonds. The van der Waals surface area contributed by atoms with Gasteiger partial charge in [0.05, 0.1) is 12.3 Å². The summed E-state index contributed by atoms with van der Waals surface area (Å²) in [6.45, 7) is 7.06. The predicted octanol–water partition coefficient (Wildman–Crippen LogP) is 2.84. The van der Waals surface area contributed by atoms with Gasteiger partial charge in [0.25, 0.3) is 0 Å². The van der Waals surface area contributed by atoms with Gasteiger partial charge in [0.15, 0.2) is 5.76 Å². The van der Waals surface area contributed by atoms with Crippen LogP contribution in [0.15, 0.2) is 35.2 Å². The van der Waals surface area contributed by atoms with E-state index in [0.717, 1.165) is 24.5 Å². The molecule has 0 aromatic carbocycles. The Morgan fingerprint density at radius 2 is 2.25 bits per heavy atom. The van der Waals surface area contributed by atoms with Crippen LogP contribution in [0.25, 0.3) is 11.5 Å². The molecule has 0 spiro atoms. The van der Waals surface area contributed by atoms with Crippen molar-refractivity contribution < 1.29 is 13.9 Å². The minimum Gasteiger partial charge on any atom is -0.463 e. The molecule has 1 unspecified atom stereocenters. The zero-order valence-corrected chi connectivity index (χ0v) is 14.2. The summed E-state index contributed by atoms with van der Waals surface area (Å²) in [6.07, 6.45) is 3.61. The number of alkyl carbamates (subject to hydrolysis) is 1. The number of aromatic nitrogens is 2. The number of hydrogen-bond acceptors (Lipinski definition) is 6. The molecule has 1 aliphatic rings. The van der Waals surface area contributed by atoms with Crippen LogP contribution < -0.4 is 10.2 Å². The lowest BCUT2D eigenvalue weighted by Crippen LogP contribution is -2.40. The van der Waals surface area contributed by atoms with Gasteiger partial charge in [0.2, 0.25) is 0 Å². The molecule has 0 aliphatic carbocycles. The average Bonchev–Trinajstić information content (AvgIpc) is 3.16. The van der Waals surface area contributed by atoms with Crippen LogP contribution >= 0.6 is 0 Å². The Balaban J connectivity index is 1.62. The van der Waals surface area contributed by atoms with Crippen LogP contribution in [-0.2, 0) is 4.74 Å². The van der Waals surface area contributed by atoms with E-state index in [4.69, 9.17) is 9.15 Å². The highest BCUT2D eigenvalue weighted by Gasteiger charge is 2.27. The molecule has 1 N–H and O–H groups in total. The maximum absolute atomic E-state index is 11.9. The van der Waals surface area contributed by atoms with E-state index in [1.807, 2.05) is 39.0 Å². The molecule has 3 rings (SSSR count). The van der Waals surface area contributed by atoms with E-state index in [9.17, 15) is 4.79 Å². The Morgan fingerprint density at radius 3 is 2.96 bits per heavy atom. The number of carbonyl (C=O) groups is 1. The Bertz CT molecular complexity index is 694. The molecule has 1 fully saturated rings. The number of furan rings is 1. The maximum Gasteiger partial charge on any atom is 0.407 e.